The van der Waals surface area contributed by atoms with Crippen LogP contribution in [-0.4, -0.2) is 67.9 Å². The fourth-order valence-corrected chi connectivity index (χ4v) is 3.25. The molecule has 4 rings (SSSR count). The van der Waals surface area contributed by atoms with Gasteiger partial charge in [0, 0.05) is 6.42 Å². The minimum absolute atomic E-state index is 0.0388. The number of nitrogens with zero attached hydrogens (tertiary/aromatic N) is 4. The van der Waals surface area contributed by atoms with Crippen LogP contribution in [0.2, 0.25) is 0 Å². The molecule has 1 spiro atoms. The van der Waals surface area contributed by atoms with Gasteiger partial charge in [0.25, 0.3) is 0 Å². The smallest absolute Gasteiger partial charge is 0.246 e. The minimum Gasteiger partial charge on any atom is -0.479 e. The summed E-state index contributed by atoms with van der Waals surface area (Å²) in [7, 11) is 1.47. The van der Waals surface area contributed by atoms with Crippen LogP contribution in [0.5, 0.6) is 5.88 Å². The maximum Gasteiger partial charge on any atom is 0.246 e. The lowest BCUT2D eigenvalue weighted by molar-refractivity contribution is -0.225. The van der Waals surface area contributed by atoms with Crippen molar-refractivity contribution in [2.45, 2.75) is 30.5 Å². The number of aromatic nitrogens is 4. The molecule has 2 aromatic rings. The third-order valence-corrected chi connectivity index (χ3v) is 4.47. The number of ether oxygens (including phenoxy) is 3. The first kappa shape index (κ1) is 14.6. The molecule has 0 amide bonds. The Morgan fingerprint density at radius 2 is 2.30 bits per heavy atom. The predicted molar refractivity (Wildman–Crippen MR) is 76.6 cm³/mol. The molecule has 4 heterocycles. The van der Waals surface area contributed by atoms with E-state index in [9.17, 15) is 10.2 Å². The second kappa shape index (κ2) is 4.99. The highest BCUT2D eigenvalue weighted by molar-refractivity contribution is 5.77. The van der Waals surface area contributed by atoms with Gasteiger partial charge in [0.2, 0.25) is 11.8 Å². The SMILES string of the molecule is COc1nc(N)nc2c1ncn2[C@@H]1O[C@H](CO)[C@@H](O)[C@]12CCO2. The largest absolute Gasteiger partial charge is 0.479 e. The Labute approximate surface area is 130 Å². The summed E-state index contributed by atoms with van der Waals surface area (Å²) < 4.78 is 18.3. The number of rotatable bonds is 3. The van der Waals surface area contributed by atoms with E-state index in [1.807, 2.05) is 0 Å². The van der Waals surface area contributed by atoms with Crippen LogP contribution in [0.1, 0.15) is 12.6 Å². The molecule has 0 saturated carbocycles. The van der Waals surface area contributed by atoms with Crippen molar-refractivity contribution < 1.29 is 24.4 Å². The van der Waals surface area contributed by atoms with E-state index < -0.39 is 24.0 Å². The highest BCUT2D eigenvalue weighted by Crippen LogP contribution is 2.49. The van der Waals surface area contributed by atoms with Gasteiger partial charge in [0.1, 0.15) is 17.8 Å². The average molecular weight is 323 g/mol. The first-order chi connectivity index (χ1) is 11.1. The van der Waals surface area contributed by atoms with Crippen molar-refractivity contribution in [3.63, 3.8) is 0 Å². The molecule has 10 heteroatoms. The van der Waals surface area contributed by atoms with Gasteiger partial charge in [-0.25, -0.2) is 4.98 Å². The molecule has 4 atom stereocenters. The predicted octanol–water partition coefficient (Wildman–Crippen LogP) is -1.17. The van der Waals surface area contributed by atoms with Crippen LogP contribution in [0.3, 0.4) is 0 Å². The van der Waals surface area contributed by atoms with Crippen LogP contribution in [0.25, 0.3) is 11.2 Å². The molecule has 0 aromatic carbocycles. The van der Waals surface area contributed by atoms with E-state index in [1.165, 1.54) is 13.4 Å². The summed E-state index contributed by atoms with van der Waals surface area (Å²) in [5.41, 5.74) is 5.64. The number of imidazole rings is 1. The lowest BCUT2D eigenvalue weighted by Gasteiger charge is -2.44. The van der Waals surface area contributed by atoms with E-state index >= 15 is 0 Å². The lowest BCUT2D eigenvalue weighted by atomic mass is 9.86. The number of fused-ring (bicyclic) bond motifs is 1. The number of hydrogen-bond acceptors (Lipinski definition) is 9. The van der Waals surface area contributed by atoms with E-state index in [1.54, 1.807) is 4.57 Å². The van der Waals surface area contributed by atoms with E-state index in [0.717, 1.165) is 0 Å². The average Bonchev–Trinajstić information content (AvgIpc) is 3.04. The van der Waals surface area contributed by atoms with Crippen LogP contribution in [0, 0.1) is 0 Å². The standard InChI is InChI=1S/C13H17N5O5/c1-21-10-7-9(16-12(14)17-10)18(5-15-7)11-13(2-3-22-13)8(20)6(4-19)23-11/h5-6,8,11,19-20H,2-4H2,1H3,(H2,14,16,17)/t6-,8-,11-,13-/m1/s1. The van der Waals surface area contributed by atoms with Crippen LogP contribution in [-0.2, 0) is 9.47 Å². The first-order valence-electron chi connectivity index (χ1n) is 7.23. The Kier molecular flexibility index (Phi) is 3.17. The van der Waals surface area contributed by atoms with Gasteiger partial charge in [-0.15, -0.1) is 0 Å². The quantitative estimate of drug-likeness (QED) is 0.637. The maximum absolute atomic E-state index is 10.4. The number of nitrogens with two attached hydrogens (primary N) is 1. The normalized spacial score (nSPS) is 33.3. The van der Waals surface area contributed by atoms with Gasteiger partial charge >= 0.3 is 0 Å². The Morgan fingerprint density at radius 3 is 2.91 bits per heavy atom. The van der Waals surface area contributed by atoms with Gasteiger partial charge in [-0.05, 0) is 0 Å². The molecule has 23 heavy (non-hydrogen) atoms. The summed E-state index contributed by atoms with van der Waals surface area (Å²) in [6.45, 7) is 0.206. The zero-order chi connectivity index (χ0) is 16.2. The van der Waals surface area contributed by atoms with Gasteiger partial charge in [0.15, 0.2) is 17.4 Å². The van der Waals surface area contributed by atoms with Gasteiger partial charge in [-0.3, -0.25) is 4.57 Å². The number of nitrogen functional groups attached to an aromatic ring is 1. The highest BCUT2D eigenvalue weighted by Gasteiger charge is 2.61. The Balaban J connectivity index is 1.84. The molecular formula is C13H17N5O5. The van der Waals surface area contributed by atoms with Crippen molar-refractivity contribution in [1.29, 1.82) is 0 Å². The molecule has 2 aliphatic heterocycles. The van der Waals surface area contributed by atoms with Crippen molar-refractivity contribution in [2.24, 2.45) is 0 Å². The second-order valence-electron chi connectivity index (χ2n) is 5.62. The molecule has 0 bridgehead atoms. The summed E-state index contributed by atoms with van der Waals surface area (Å²) in [6, 6.07) is 0. The minimum atomic E-state index is -0.940. The maximum atomic E-state index is 10.4. The molecule has 2 aliphatic rings. The summed E-state index contributed by atoms with van der Waals surface area (Å²) in [6.07, 6.45) is -0.231. The Hall–Kier alpha value is -2.01. The van der Waals surface area contributed by atoms with Crippen molar-refractivity contribution in [3.05, 3.63) is 6.33 Å². The topological polar surface area (TPSA) is 138 Å². The molecule has 0 aliphatic carbocycles. The summed E-state index contributed by atoms with van der Waals surface area (Å²) in [5.74, 6) is 0.295. The van der Waals surface area contributed by atoms with Gasteiger partial charge < -0.3 is 30.2 Å². The van der Waals surface area contributed by atoms with Gasteiger partial charge in [-0.2, -0.15) is 9.97 Å². The molecule has 0 radical (unpaired) electrons. The van der Waals surface area contributed by atoms with Gasteiger partial charge in [-0.1, -0.05) is 0 Å². The van der Waals surface area contributed by atoms with Crippen molar-refractivity contribution >= 4 is 17.1 Å². The number of anilines is 1. The zero-order valence-electron chi connectivity index (χ0n) is 12.4. The molecule has 2 aromatic heterocycles. The van der Waals surface area contributed by atoms with E-state index in [2.05, 4.69) is 15.0 Å². The number of aliphatic hydroxyl groups excluding tert-OH is 2. The van der Waals surface area contributed by atoms with Crippen LogP contribution in [0.4, 0.5) is 5.95 Å². The van der Waals surface area contributed by atoms with Crippen LogP contribution >= 0.6 is 0 Å². The lowest BCUT2D eigenvalue weighted by Crippen LogP contribution is -2.56. The summed E-state index contributed by atoms with van der Waals surface area (Å²) >= 11 is 0. The highest BCUT2D eigenvalue weighted by atomic mass is 16.6. The molecule has 10 nitrogen and oxygen atoms in total. The second-order valence-corrected chi connectivity index (χ2v) is 5.62. The number of hydrogen-bond donors (Lipinski definition) is 3. The zero-order valence-corrected chi connectivity index (χ0v) is 12.4. The van der Waals surface area contributed by atoms with Crippen molar-refractivity contribution in [1.82, 2.24) is 19.5 Å². The molecule has 2 fully saturated rings. The Bertz CT molecular complexity index is 746. The third kappa shape index (κ3) is 1.86. The van der Waals surface area contributed by atoms with Gasteiger partial charge in [0.05, 0.1) is 26.7 Å². The van der Waals surface area contributed by atoms with E-state index in [-0.39, 0.29) is 18.4 Å². The van der Waals surface area contributed by atoms with Crippen molar-refractivity contribution in [3.8, 4) is 5.88 Å². The van der Waals surface area contributed by atoms with E-state index in [0.29, 0.717) is 24.2 Å². The van der Waals surface area contributed by atoms with E-state index in [4.69, 9.17) is 19.9 Å². The molecule has 124 valence electrons. The monoisotopic (exact) mass is 323 g/mol. The number of aliphatic hydroxyl groups is 2. The fraction of sp³-hybridized carbons (Fsp3) is 0.615. The van der Waals surface area contributed by atoms with Crippen LogP contribution in [0.15, 0.2) is 6.33 Å². The summed E-state index contributed by atoms with van der Waals surface area (Å²) in [4.78, 5) is 12.4. The van der Waals surface area contributed by atoms with Crippen molar-refractivity contribution in [2.75, 3.05) is 26.1 Å². The first-order valence-corrected chi connectivity index (χ1v) is 7.23. The fourth-order valence-electron chi connectivity index (χ4n) is 3.25. The summed E-state index contributed by atoms with van der Waals surface area (Å²) in [5, 5.41) is 19.8. The molecule has 2 saturated heterocycles. The Morgan fingerprint density at radius 1 is 1.52 bits per heavy atom. The molecular weight excluding hydrogens is 306 g/mol. The third-order valence-electron chi connectivity index (χ3n) is 4.47. The number of methoxy groups -OCH3 is 1. The van der Waals surface area contributed by atoms with Crippen LogP contribution < -0.4 is 10.5 Å². The molecule has 4 N–H and O–H groups in total. The molecule has 0 unspecified atom stereocenters.